The van der Waals surface area contributed by atoms with E-state index in [1.807, 2.05) is 24.3 Å². The summed E-state index contributed by atoms with van der Waals surface area (Å²) < 4.78 is 0. The van der Waals surface area contributed by atoms with Crippen molar-refractivity contribution in [3.05, 3.63) is 70.8 Å². The molecule has 0 atom stereocenters. The Balaban J connectivity index is 1.70. The van der Waals surface area contributed by atoms with Gasteiger partial charge >= 0.3 is 0 Å². The van der Waals surface area contributed by atoms with E-state index >= 15 is 0 Å². The van der Waals surface area contributed by atoms with Gasteiger partial charge in [0.1, 0.15) is 0 Å². The lowest BCUT2D eigenvalue weighted by Gasteiger charge is -2.19. The molecule has 1 heteroatoms. The second-order valence-corrected chi connectivity index (χ2v) is 9.79. The molecule has 0 heterocycles. The topological polar surface area (TPSA) is 17.1 Å². The predicted molar refractivity (Wildman–Crippen MR) is 131 cm³/mol. The van der Waals surface area contributed by atoms with E-state index in [2.05, 4.69) is 52.0 Å². The maximum Gasteiger partial charge on any atom is 0.193 e. The van der Waals surface area contributed by atoms with Gasteiger partial charge in [-0.1, -0.05) is 134 Å². The number of carbonyl (C=O) groups is 1. The minimum Gasteiger partial charge on any atom is -0.289 e. The highest BCUT2D eigenvalue weighted by atomic mass is 16.1. The van der Waals surface area contributed by atoms with E-state index in [0.717, 1.165) is 17.5 Å². The van der Waals surface area contributed by atoms with Crippen molar-refractivity contribution in [3.8, 4) is 0 Å². The van der Waals surface area contributed by atoms with Crippen molar-refractivity contribution in [2.24, 2.45) is 0 Å². The molecule has 0 aliphatic rings. The molecule has 0 spiro atoms. The van der Waals surface area contributed by atoms with Crippen LogP contribution >= 0.6 is 0 Å². The summed E-state index contributed by atoms with van der Waals surface area (Å²) in [6.45, 7) is 8.85. The number of unbranched alkanes of at least 4 members (excludes halogenated alkanes) is 9. The molecule has 1 nitrogen and oxygen atoms in total. The molecule has 0 N–H and O–H groups in total. The van der Waals surface area contributed by atoms with E-state index in [9.17, 15) is 4.79 Å². The highest BCUT2D eigenvalue weighted by Crippen LogP contribution is 2.23. The molecule has 0 saturated carbocycles. The third-order valence-electron chi connectivity index (χ3n) is 6.05. The van der Waals surface area contributed by atoms with Crippen molar-refractivity contribution in [2.45, 2.75) is 104 Å². The van der Waals surface area contributed by atoms with Gasteiger partial charge in [-0.3, -0.25) is 4.79 Å². The van der Waals surface area contributed by atoms with Crippen LogP contribution in [0.25, 0.3) is 0 Å². The molecule has 2 aromatic rings. The number of hydrogen-bond donors (Lipinski definition) is 0. The van der Waals surface area contributed by atoms with Crippen LogP contribution in [-0.2, 0) is 11.8 Å². The van der Waals surface area contributed by atoms with E-state index in [4.69, 9.17) is 0 Å². The van der Waals surface area contributed by atoms with E-state index in [1.165, 1.54) is 75.3 Å². The number of benzene rings is 2. The molecule has 2 aromatic carbocycles. The lowest BCUT2D eigenvalue weighted by atomic mass is 9.86. The van der Waals surface area contributed by atoms with Crippen molar-refractivity contribution < 1.29 is 4.79 Å². The molecule has 0 saturated heterocycles. The van der Waals surface area contributed by atoms with Gasteiger partial charge in [-0.05, 0) is 29.4 Å². The van der Waals surface area contributed by atoms with E-state index in [0.29, 0.717) is 0 Å². The van der Waals surface area contributed by atoms with Crippen LogP contribution in [-0.4, -0.2) is 5.78 Å². The summed E-state index contributed by atoms with van der Waals surface area (Å²) in [5, 5.41) is 0. The average molecular weight is 407 g/mol. The largest absolute Gasteiger partial charge is 0.289 e. The fourth-order valence-electron chi connectivity index (χ4n) is 3.93. The fraction of sp³-hybridized carbons (Fsp3) is 0.552. The van der Waals surface area contributed by atoms with Crippen molar-refractivity contribution >= 4 is 5.78 Å². The van der Waals surface area contributed by atoms with Gasteiger partial charge < -0.3 is 0 Å². The van der Waals surface area contributed by atoms with Gasteiger partial charge in [-0.15, -0.1) is 0 Å². The SMILES string of the molecule is CCCCCCCCCCCCc1ccc(C(=O)c2ccc(C(C)(C)C)cc2)cc1. The quantitative estimate of drug-likeness (QED) is 0.240. The first-order chi connectivity index (χ1) is 14.4. The Hall–Kier alpha value is -1.89. The molecule has 0 aliphatic heterocycles. The maximum absolute atomic E-state index is 12.8. The molecular formula is C29H42O. The van der Waals surface area contributed by atoms with Crippen molar-refractivity contribution in [3.63, 3.8) is 0 Å². The number of aryl methyl sites for hydroxylation is 1. The van der Waals surface area contributed by atoms with Gasteiger partial charge in [-0.2, -0.15) is 0 Å². The Kier molecular flexibility index (Phi) is 10.3. The Morgan fingerprint density at radius 3 is 1.53 bits per heavy atom. The first-order valence-corrected chi connectivity index (χ1v) is 12.2. The van der Waals surface area contributed by atoms with E-state index in [1.54, 1.807) is 0 Å². The maximum atomic E-state index is 12.8. The van der Waals surface area contributed by atoms with Crippen molar-refractivity contribution in [1.82, 2.24) is 0 Å². The lowest BCUT2D eigenvalue weighted by Crippen LogP contribution is -2.11. The van der Waals surface area contributed by atoms with Gasteiger partial charge in [0, 0.05) is 11.1 Å². The molecule has 0 unspecified atom stereocenters. The molecule has 0 bridgehead atoms. The Labute approximate surface area is 185 Å². The molecule has 0 amide bonds. The van der Waals surface area contributed by atoms with Crippen LogP contribution in [0.15, 0.2) is 48.5 Å². The smallest absolute Gasteiger partial charge is 0.193 e. The third-order valence-corrected chi connectivity index (χ3v) is 6.05. The summed E-state index contributed by atoms with van der Waals surface area (Å²) in [4.78, 5) is 12.8. The molecule has 0 radical (unpaired) electrons. The number of hydrogen-bond acceptors (Lipinski definition) is 1. The van der Waals surface area contributed by atoms with Gasteiger partial charge in [0.25, 0.3) is 0 Å². The van der Waals surface area contributed by atoms with Crippen LogP contribution in [0, 0.1) is 0 Å². The minimum absolute atomic E-state index is 0.109. The molecular weight excluding hydrogens is 364 g/mol. The second kappa shape index (κ2) is 12.7. The van der Waals surface area contributed by atoms with Crippen LogP contribution in [0.2, 0.25) is 0 Å². The predicted octanol–water partition coefficient (Wildman–Crippen LogP) is 8.68. The second-order valence-electron chi connectivity index (χ2n) is 9.79. The van der Waals surface area contributed by atoms with Crippen molar-refractivity contribution in [1.29, 1.82) is 0 Å². The summed E-state index contributed by atoms with van der Waals surface area (Å²) in [6.07, 6.45) is 14.8. The zero-order valence-corrected chi connectivity index (χ0v) is 19.8. The fourth-order valence-corrected chi connectivity index (χ4v) is 3.93. The van der Waals surface area contributed by atoms with Gasteiger partial charge in [0.2, 0.25) is 0 Å². The van der Waals surface area contributed by atoms with Crippen LogP contribution in [0.4, 0.5) is 0 Å². The van der Waals surface area contributed by atoms with E-state index < -0.39 is 0 Å². The zero-order chi connectivity index (χ0) is 21.8. The summed E-state index contributed by atoms with van der Waals surface area (Å²) >= 11 is 0. The molecule has 0 aliphatic carbocycles. The standard InChI is InChI=1S/C29H42O/c1-5-6-7-8-9-10-11-12-13-14-15-24-16-18-25(19-17-24)28(30)26-20-22-27(23-21-26)29(2,3)4/h16-23H,5-15H2,1-4H3. The van der Waals surface area contributed by atoms with Gasteiger partial charge in [-0.25, -0.2) is 0 Å². The molecule has 30 heavy (non-hydrogen) atoms. The van der Waals surface area contributed by atoms with Crippen LogP contribution < -0.4 is 0 Å². The average Bonchev–Trinajstić information content (AvgIpc) is 2.74. The summed E-state index contributed by atoms with van der Waals surface area (Å²) in [6, 6.07) is 16.3. The van der Waals surface area contributed by atoms with E-state index in [-0.39, 0.29) is 11.2 Å². The molecule has 164 valence electrons. The highest BCUT2D eigenvalue weighted by molar-refractivity contribution is 6.09. The Morgan fingerprint density at radius 1 is 0.633 bits per heavy atom. The lowest BCUT2D eigenvalue weighted by molar-refractivity contribution is 0.103. The summed E-state index contributed by atoms with van der Waals surface area (Å²) in [5.74, 6) is 0.112. The molecule has 0 fully saturated rings. The van der Waals surface area contributed by atoms with Crippen LogP contribution in [0.5, 0.6) is 0 Å². The van der Waals surface area contributed by atoms with Gasteiger partial charge in [0.15, 0.2) is 5.78 Å². The third kappa shape index (κ3) is 8.46. The number of rotatable bonds is 13. The van der Waals surface area contributed by atoms with Crippen LogP contribution in [0.1, 0.15) is 119 Å². The summed E-state index contributed by atoms with van der Waals surface area (Å²) in [7, 11) is 0. The zero-order valence-electron chi connectivity index (χ0n) is 19.8. The monoisotopic (exact) mass is 406 g/mol. The van der Waals surface area contributed by atoms with Crippen molar-refractivity contribution in [2.75, 3.05) is 0 Å². The number of ketones is 1. The first-order valence-electron chi connectivity index (χ1n) is 12.2. The number of carbonyl (C=O) groups excluding carboxylic acids is 1. The Bertz CT molecular complexity index is 731. The highest BCUT2D eigenvalue weighted by Gasteiger charge is 2.15. The van der Waals surface area contributed by atoms with Gasteiger partial charge in [0.05, 0.1) is 0 Å². The minimum atomic E-state index is 0.109. The molecule has 2 rings (SSSR count). The molecule has 0 aromatic heterocycles. The summed E-state index contributed by atoms with van der Waals surface area (Å²) in [5.41, 5.74) is 4.26. The Morgan fingerprint density at radius 2 is 1.07 bits per heavy atom. The first kappa shape index (κ1) is 24.4. The van der Waals surface area contributed by atoms with Crippen LogP contribution in [0.3, 0.4) is 0 Å². The normalized spacial score (nSPS) is 11.6.